The zero-order valence-electron chi connectivity index (χ0n) is 9.80. The summed E-state index contributed by atoms with van der Waals surface area (Å²) < 4.78 is 26.4. The molecule has 4 nitrogen and oxygen atoms in total. The molecule has 0 radical (unpaired) electrons. The Bertz CT molecular complexity index is 477. The molecule has 0 unspecified atom stereocenters. The molecule has 0 spiro atoms. The molecule has 1 heterocycles. The molecule has 0 aromatic heterocycles. The van der Waals surface area contributed by atoms with E-state index in [2.05, 4.69) is 0 Å². The van der Waals surface area contributed by atoms with Gasteiger partial charge in [-0.05, 0) is 25.0 Å². The van der Waals surface area contributed by atoms with Crippen LogP contribution in [0, 0.1) is 0 Å². The fourth-order valence-corrected chi connectivity index (χ4v) is 3.77. The quantitative estimate of drug-likeness (QED) is 0.819. The molecule has 17 heavy (non-hydrogen) atoms. The van der Waals surface area contributed by atoms with Crippen molar-refractivity contribution in [2.75, 3.05) is 18.8 Å². The molecular weight excluding hydrogens is 236 g/mol. The smallest absolute Gasteiger partial charge is 0.245 e. The van der Waals surface area contributed by atoms with Gasteiger partial charge in [0, 0.05) is 13.1 Å². The Kier molecular flexibility index (Phi) is 3.69. The van der Waals surface area contributed by atoms with Crippen molar-refractivity contribution in [3.05, 3.63) is 24.3 Å². The van der Waals surface area contributed by atoms with Gasteiger partial charge < -0.3 is 5.73 Å². The number of nitrogen functional groups attached to an aromatic ring is 1. The van der Waals surface area contributed by atoms with Crippen LogP contribution in [-0.2, 0) is 10.0 Å². The molecule has 1 fully saturated rings. The highest BCUT2D eigenvalue weighted by atomic mass is 32.2. The van der Waals surface area contributed by atoms with E-state index in [1.54, 1.807) is 28.6 Å². The van der Waals surface area contributed by atoms with Crippen molar-refractivity contribution in [2.24, 2.45) is 0 Å². The van der Waals surface area contributed by atoms with E-state index in [0.29, 0.717) is 18.8 Å². The van der Waals surface area contributed by atoms with Crippen LogP contribution in [0.5, 0.6) is 0 Å². The van der Waals surface area contributed by atoms with Crippen LogP contribution < -0.4 is 5.73 Å². The first-order valence-electron chi connectivity index (χ1n) is 5.97. The largest absolute Gasteiger partial charge is 0.398 e. The van der Waals surface area contributed by atoms with Gasteiger partial charge >= 0.3 is 0 Å². The molecule has 0 bridgehead atoms. The van der Waals surface area contributed by atoms with Crippen LogP contribution in [0.4, 0.5) is 5.69 Å². The average Bonchev–Trinajstić information content (AvgIpc) is 2.58. The van der Waals surface area contributed by atoms with Crippen LogP contribution in [0.2, 0.25) is 0 Å². The third kappa shape index (κ3) is 2.61. The molecule has 1 aromatic rings. The van der Waals surface area contributed by atoms with Gasteiger partial charge in [0.2, 0.25) is 10.0 Å². The normalized spacial score (nSPS) is 18.8. The fraction of sp³-hybridized carbons (Fsp3) is 0.500. The van der Waals surface area contributed by atoms with E-state index >= 15 is 0 Å². The van der Waals surface area contributed by atoms with Gasteiger partial charge in [-0.2, -0.15) is 4.31 Å². The Labute approximate surface area is 102 Å². The van der Waals surface area contributed by atoms with Crippen molar-refractivity contribution in [2.45, 2.75) is 30.6 Å². The molecule has 0 amide bonds. The maximum Gasteiger partial charge on any atom is 0.245 e. The van der Waals surface area contributed by atoms with Gasteiger partial charge in [0.25, 0.3) is 0 Å². The van der Waals surface area contributed by atoms with E-state index in [-0.39, 0.29) is 4.90 Å². The first-order chi connectivity index (χ1) is 8.12. The Morgan fingerprint density at radius 3 is 2.18 bits per heavy atom. The van der Waals surface area contributed by atoms with Crippen molar-refractivity contribution in [3.8, 4) is 0 Å². The van der Waals surface area contributed by atoms with Gasteiger partial charge in [-0.3, -0.25) is 0 Å². The van der Waals surface area contributed by atoms with E-state index in [9.17, 15) is 8.42 Å². The van der Waals surface area contributed by atoms with Crippen LogP contribution in [0.3, 0.4) is 0 Å². The summed E-state index contributed by atoms with van der Waals surface area (Å²) in [5, 5.41) is 0. The van der Waals surface area contributed by atoms with Gasteiger partial charge in [0.15, 0.2) is 0 Å². The van der Waals surface area contributed by atoms with Gasteiger partial charge in [0.05, 0.1) is 5.69 Å². The Morgan fingerprint density at radius 1 is 1.00 bits per heavy atom. The number of nitrogens with zero attached hydrogens (tertiary/aromatic N) is 1. The number of hydrogen-bond acceptors (Lipinski definition) is 3. The minimum absolute atomic E-state index is 0.238. The summed E-state index contributed by atoms with van der Waals surface area (Å²) in [5.41, 5.74) is 6.08. The monoisotopic (exact) mass is 254 g/mol. The molecule has 94 valence electrons. The van der Waals surface area contributed by atoms with Crippen molar-refractivity contribution >= 4 is 15.7 Å². The molecule has 1 aliphatic heterocycles. The van der Waals surface area contributed by atoms with Gasteiger partial charge in [-0.1, -0.05) is 25.0 Å². The molecule has 2 rings (SSSR count). The first-order valence-corrected chi connectivity index (χ1v) is 7.41. The van der Waals surface area contributed by atoms with Crippen LogP contribution in [0.1, 0.15) is 25.7 Å². The average molecular weight is 254 g/mol. The molecule has 5 heteroatoms. The second-order valence-electron chi connectivity index (χ2n) is 4.36. The van der Waals surface area contributed by atoms with Crippen molar-refractivity contribution < 1.29 is 8.42 Å². The van der Waals surface area contributed by atoms with E-state index < -0.39 is 10.0 Å². The van der Waals surface area contributed by atoms with Crippen LogP contribution in [-0.4, -0.2) is 25.8 Å². The summed E-state index contributed by atoms with van der Waals surface area (Å²) in [6.07, 6.45) is 4.09. The third-order valence-electron chi connectivity index (χ3n) is 3.10. The van der Waals surface area contributed by atoms with Crippen molar-refractivity contribution in [1.29, 1.82) is 0 Å². The van der Waals surface area contributed by atoms with E-state index in [4.69, 9.17) is 5.73 Å². The Morgan fingerprint density at radius 2 is 1.59 bits per heavy atom. The van der Waals surface area contributed by atoms with Gasteiger partial charge in [-0.15, -0.1) is 0 Å². The number of sulfonamides is 1. The summed E-state index contributed by atoms with van der Waals surface area (Å²) in [5.74, 6) is 0. The van der Waals surface area contributed by atoms with Gasteiger partial charge in [0.1, 0.15) is 4.90 Å². The minimum Gasteiger partial charge on any atom is -0.398 e. The first kappa shape index (κ1) is 12.4. The highest BCUT2D eigenvalue weighted by molar-refractivity contribution is 7.89. The zero-order chi connectivity index (χ0) is 12.3. The van der Waals surface area contributed by atoms with Crippen molar-refractivity contribution in [3.63, 3.8) is 0 Å². The van der Waals surface area contributed by atoms with E-state index in [1.807, 2.05) is 0 Å². The number of rotatable bonds is 2. The lowest BCUT2D eigenvalue weighted by Gasteiger charge is -2.20. The summed E-state index contributed by atoms with van der Waals surface area (Å²) in [6.45, 7) is 1.22. The SMILES string of the molecule is Nc1ccccc1S(=O)(=O)N1CCCCCC1. The van der Waals surface area contributed by atoms with Gasteiger partial charge in [-0.25, -0.2) is 8.42 Å². The number of para-hydroxylation sites is 1. The lowest BCUT2D eigenvalue weighted by atomic mass is 10.2. The lowest BCUT2D eigenvalue weighted by molar-refractivity contribution is 0.424. The minimum atomic E-state index is -3.41. The molecule has 0 aliphatic carbocycles. The molecule has 1 saturated heterocycles. The van der Waals surface area contributed by atoms with Crippen LogP contribution in [0.25, 0.3) is 0 Å². The zero-order valence-corrected chi connectivity index (χ0v) is 10.6. The molecule has 1 aromatic carbocycles. The Balaban J connectivity index is 2.32. The molecule has 0 atom stereocenters. The number of anilines is 1. The highest BCUT2D eigenvalue weighted by Gasteiger charge is 2.26. The predicted octanol–water partition coefficient (Wildman–Crippen LogP) is 1.83. The summed E-state index contributed by atoms with van der Waals surface area (Å²) in [4.78, 5) is 0.238. The second kappa shape index (κ2) is 5.06. The number of nitrogens with two attached hydrogens (primary N) is 1. The summed E-state index contributed by atoms with van der Waals surface area (Å²) in [7, 11) is -3.41. The lowest BCUT2D eigenvalue weighted by Crippen LogP contribution is -2.32. The van der Waals surface area contributed by atoms with Crippen molar-refractivity contribution in [1.82, 2.24) is 4.31 Å². The maximum absolute atomic E-state index is 12.4. The highest BCUT2D eigenvalue weighted by Crippen LogP contribution is 2.24. The maximum atomic E-state index is 12.4. The molecule has 0 saturated carbocycles. The molecule has 2 N–H and O–H groups in total. The number of benzene rings is 1. The third-order valence-corrected chi connectivity index (χ3v) is 5.07. The molecular formula is C12H18N2O2S. The summed E-state index contributed by atoms with van der Waals surface area (Å²) >= 11 is 0. The second-order valence-corrected chi connectivity index (χ2v) is 6.26. The van der Waals surface area contributed by atoms with E-state index in [0.717, 1.165) is 25.7 Å². The number of hydrogen-bond donors (Lipinski definition) is 1. The fourth-order valence-electron chi connectivity index (χ4n) is 2.14. The topological polar surface area (TPSA) is 63.4 Å². The van der Waals surface area contributed by atoms with Crippen LogP contribution in [0.15, 0.2) is 29.2 Å². The Hall–Kier alpha value is -1.07. The van der Waals surface area contributed by atoms with E-state index in [1.165, 1.54) is 0 Å². The predicted molar refractivity (Wildman–Crippen MR) is 68.1 cm³/mol. The van der Waals surface area contributed by atoms with Crippen LogP contribution >= 0.6 is 0 Å². The summed E-state index contributed by atoms with van der Waals surface area (Å²) in [6, 6.07) is 6.66. The standard InChI is InChI=1S/C12H18N2O2S/c13-11-7-3-4-8-12(11)17(15,16)14-9-5-1-2-6-10-14/h3-4,7-8H,1-2,5-6,9-10,13H2. The molecule has 1 aliphatic rings.